The van der Waals surface area contributed by atoms with Crippen LogP contribution in [0.15, 0.2) is 77.7 Å². The molecule has 0 radical (unpaired) electrons. The zero-order valence-electron chi connectivity index (χ0n) is 14.6. The minimum absolute atomic E-state index is 0.00107. The second-order valence-corrected chi connectivity index (χ2v) is 7.47. The van der Waals surface area contributed by atoms with Gasteiger partial charge in [0.15, 0.2) is 0 Å². The largest absolute Gasteiger partial charge is 0.458 e. The number of thioether (sulfide) groups is 1. The number of hydrogen-bond acceptors (Lipinski definition) is 4. The lowest BCUT2D eigenvalue weighted by molar-refractivity contribution is -0.139. The Hall–Kier alpha value is -2.53. The lowest BCUT2D eigenvalue weighted by atomic mass is 9.86. The number of nitrogens with one attached hydrogen (secondary N) is 1. The van der Waals surface area contributed by atoms with Crippen molar-refractivity contribution in [2.75, 3.05) is 0 Å². The maximum Gasteiger partial charge on any atom is 0.330 e. The van der Waals surface area contributed by atoms with Crippen molar-refractivity contribution in [1.29, 1.82) is 0 Å². The van der Waals surface area contributed by atoms with Crippen molar-refractivity contribution in [2.24, 2.45) is 0 Å². The van der Waals surface area contributed by atoms with E-state index < -0.39 is 10.7 Å². The molecule has 26 heavy (non-hydrogen) atoms. The van der Waals surface area contributed by atoms with Gasteiger partial charge in [0, 0.05) is 11.0 Å². The molecular weight excluding hydrogens is 346 g/mol. The highest BCUT2D eigenvalue weighted by molar-refractivity contribution is 8.01. The fraction of sp³-hybridized carbons (Fsp3) is 0.238. The summed E-state index contributed by atoms with van der Waals surface area (Å²) in [6.07, 6.45) is 3.81. The van der Waals surface area contributed by atoms with Gasteiger partial charge in [0.2, 0.25) is 5.91 Å². The molecule has 2 aromatic carbocycles. The maximum absolute atomic E-state index is 12.3. The van der Waals surface area contributed by atoms with Crippen LogP contribution >= 0.6 is 11.8 Å². The second kappa shape index (κ2) is 8.23. The summed E-state index contributed by atoms with van der Waals surface area (Å²) in [6, 6.07) is 19.2. The van der Waals surface area contributed by atoms with Crippen LogP contribution < -0.4 is 5.32 Å². The minimum atomic E-state index is -0.586. The van der Waals surface area contributed by atoms with Crippen LogP contribution in [0.25, 0.3) is 0 Å². The molecule has 0 aromatic heterocycles. The van der Waals surface area contributed by atoms with Crippen LogP contribution in [0.5, 0.6) is 0 Å². The van der Waals surface area contributed by atoms with Gasteiger partial charge in [-0.1, -0.05) is 61.5 Å². The summed E-state index contributed by atoms with van der Waals surface area (Å²) in [7, 11) is 0. The van der Waals surface area contributed by atoms with Crippen LogP contribution in [0, 0.1) is 0 Å². The van der Waals surface area contributed by atoms with Crippen LogP contribution in [-0.4, -0.2) is 22.7 Å². The van der Waals surface area contributed by atoms with Crippen LogP contribution in [0.3, 0.4) is 0 Å². The zero-order chi connectivity index (χ0) is 18.4. The number of esters is 1. The molecule has 2 aromatic rings. The van der Waals surface area contributed by atoms with Gasteiger partial charge in [0.1, 0.15) is 11.4 Å². The summed E-state index contributed by atoms with van der Waals surface area (Å²) >= 11 is 1.54. The predicted octanol–water partition coefficient (Wildman–Crippen LogP) is 3.73. The molecule has 2 unspecified atom stereocenters. The number of ether oxygens (including phenoxy) is 1. The van der Waals surface area contributed by atoms with Crippen molar-refractivity contribution < 1.29 is 14.3 Å². The Kier molecular flexibility index (Phi) is 5.78. The van der Waals surface area contributed by atoms with Gasteiger partial charge in [-0.15, -0.1) is 11.8 Å². The first kappa shape index (κ1) is 18.3. The lowest BCUT2D eigenvalue weighted by Gasteiger charge is -2.46. The van der Waals surface area contributed by atoms with E-state index >= 15 is 0 Å². The Labute approximate surface area is 157 Å². The third-order valence-corrected chi connectivity index (χ3v) is 5.99. The highest BCUT2D eigenvalue weighted by Crippen LogP contribution is 2.44. The molecule has 1 amide bonds. The van der Waals surface area contributed by atoms with Crippen LogP contribution in [0.2, 0.25) is 0 Å². The molecule has 0 bridgehead atoms. The van der Waals surface area contributed by atoms with Gasteiger partial charge in [-0.05, 0) is 24.1 Å². The standard InChI is InChI=1S/C21H21NO3S/c1-2-21(26-17-11-7-4-8-12-17)18(22-20(21)24)13-14-19(23)25-15-16-9-5-3-6-10-16/h3-14,18H,2,15H2,1H3,(H,22,24). The summed E-state index contributed by atoms with van der Waals surface area (Å²) in [5.74, 6) is -0.411. The van der Waals surface area contributed by atoms with E-state index in [0.29, 0.717) is 6.42 Å². The molecule has 1 aliphatic rings. The molecule has 0 spiro atoms. The zero-order valence-corrected chi connectivity index (χ0v) is 15.4. The highest BCUT2D eigenvalue weighted by Gasteiger charge is 2.53. The van der Waals surface area contributed by atoms with Gasteiger partial charge in [0.25, 0.3) is 0 Å². The van der Waals surface area contributed by atoms with Crippen LogP contribution in [0.1, 0.15) is 18.9 Å². The number of amides is 1. The molecule has 3 rings (SSSR count). The molecule has 1 aliphatic heterocycles. The molecule has 5 heteroatoms. The molecule has 1 heterocycles. The molecular formula is C21H21NO3S. The second-order valence-electron chi connectivity index (χ2n) is 6.06. The Bertz CT molecular complexity index is 791. The Balaban J connectivity index is 1.61. The third kappa shape index (κ3) is 3.99. The van der Waals surface area contributed by atoms with Gasteiger partial charge in [-0.25, -0.2) is 4.79 Å². The molecule has 1 N–H and O–H groups in total. The summed E-state index contributed by atoms with van der Waals surface area (Å²) in [5, 5.41) is 2.88. The first-order valence-electron chi connectivity index (χ1n) is 8.58. The number of benzene rings is 2. The summed E-state index contributed by atoms with van der Waals surface area (Å²) in [6.45, 7) is 2.22. The fourth-order valence-electron chi connectivity index (χ4n) is 2.86. The van der Waals surface area contributed by atoms with E-state index in [-0.39, 0.29) is 18.6 Å². The van der Waals surface area contributed by atoms with Crippen molar-refractivity contribution in [3.05, 3.63) is 78.4 Å². The number of carbonyl (C=O) groups excluding carboxylic acids is 2. The first-order chi connectivity index (χ1) is 12.6. The molecule has 0 saturated carbocycles. The molecule has 4 nitrogen and oxygen atoms in total. The Morgan fingerprint density at radius 3 is 2.42 bits per heavy atom. The van der Waals surface area contributed by atoms with E-state index in [1.165, 1.54) is 6.08 Å². The van der Waals surface area contributed by atoms with Gasteiger partial charge >= 0.3 is 5.97 Å². The number of hydrogen-bond donors (Lipinski definition) is 1. The van der Waals surface area contributed by atoms with E-state index in [1.54, 1.807) is 17.8 Å². The van der Waals surface area contributed by atoms with E-state index in [9.17, 15) is 9.59 Å². The average molecular weight is 367 g/mol. The SMILES string of the molecule is CCC1(Sc2ccccc2)C(=O)NC1C=CC(=O)OCc1ccccc1. The van der Waals surface area contributed by atoms with Gasteiger partial charge < -0.3 is 10.1 Å². The highest BCUT2D eigenvalue weighted by atomic mass is 32.2. The first-order valence-corrected chi connectivity index (χ1v) is 9.39. The minimum Gasteiger partial charge on any atom is -0.458 e. The smallest absolute Gasteiger partial charge is 0.330 e. The number of β-lactam (4-membered cyclic amide) rings is 1. The topological polar surface area (TPSA) is 55.4 Å². The molecule has 1 fully saturated rings. The maximum atomic E-state index is 12.3. The van der Waals surface area contributed by atoms with E-state index in [0.717, 1.165) is 10.5 Å². The van der Waals surface area contributed by atoms with Crippen molar-refractivity contribution in [3.63, 3.8) is 0 Å². The van der Waals surface area contributed by atoms with Crippen molar-refractivity contribution in [1.82, 2.24) is 5.32 Å². The third-order valence-electron chi connectivity index (χ3n) is 4.39. The molecule has 0 aliphatic carbocycles. The van der Waals surface area contributed by atoms with Crippen molar-refractivity contribution in [3.8, 4) is 0 Å². The van der Waals surface area contributed by atoms with Crippen LogP contribution in [-0.2, 0) is 20.9 Å². The van der Waals surface area contributed by atoms with E-state index in [4.69, 9.17) is 4.74 Å². The predicted molar refractivity (Wildman–Crippen MR) is 103 cm³/mol. The molecule has 2 atom stereocenters. The van der Waals surface area contributed by atoms with Crippen LogP contribution in [0.4, 0.5) is 0 Å². The van der Waals surface area contributed by atoms with Crippen molar-refractivity contribution in [2.45, 2.75) is 35.6 Å². The van der Waals surface area contributed by atoms with Crippen molar-refractivity contribution >= 4 is 23.6 Å². The monoisotopic (exact) mass is 367 g/mol. The van der Waals surface area contributed by atoms with E-state index in [2.05, 4.69) is 5.32 Å². The summed E-state index contributed by atoms with van der Waals surface area (Å²) in [5.41, 5.74) is 0.939. The molecule has 1 saturated heterocycles. The van der Waals surface area contributed by atoms with Gasteiger partial charge in [-0.3, -0.25) is 4.79 Å². The lowest BCUT2D eigenvalue weighted by Crippen LogP contribution is -2.69. The summed E-state index contributed by atoms with van der Waals surface area (Å²) < 4.78 is 4.66. The van der Waals surface area contributed by atoms with E-state index in [1.807, 2.05) is 67.6 Å². The van der Waals surface area contributed by atoms with Gasteiger partial charge in [0.05, 0.1) is 6.04 Å². The number of rotatable bonds is 7. The normalized spacial score (nSPS) is 21.9. The quantitative estimate of drug-likeness (QED) is 0.460. The average Bonchev–Trinajstić information content (AvgIpc) is 2.69. The summed E-state index contributed by atoms with van der Waals surface area (Å²) in [4.78, 5) is 25.3. The number of carbonyl (C=O) groups is 2. The Morgan fingerprint density at radius 1 is 1.15 bits per heavy atom. The molecule has 134 valence electrons. The van der Waals surface area contributed by atoms with Gasteiger partial charge in [-0.2, -0.15) is 0 Å². The Morgan fingerprint density at radius 2 is 1.81 bits per heavy atom. The fourth-order valence-corrected chi connectivity index (χ4v) is 4.13.